The lowest BCUT2D eigenvalue weighted by Gasteiger charge is -2.08. The van der Waals surface area contributed by atoms with E-state index in [4.69, 9.17) is 12.2 Å². The number of fused-ring (bicyclic) bond motifs is 1. The Labute approximate surface area is 158 Å². The van der Waals surface area contributed by atoms with Crippen molar-refractivity contribution in [3.05, 3.63) is 48.0 Å². The van der Waals surface area contributed by atoms with Crippen LogP contribution in [0.1, 0.15) is 0 Å². The Morgan fingerprint density at radius 1 is 1.14 bits per heavy atom. The summed E-state index contributed by atoms with van der Waals surface area (Å²) in [6.07, 6.45) is -4.89. The second kappa shape index (κ2) is 7.38. The van der Waals surface area contributed by atoms with E-state index >= 15 is 0 Å². The fraction of sp³-hybridized carbons (Fsp3) is 0.0625. The summed E-state index contributed by atoms with van der Waals surface area (Å²) in [5.74, 6) is -2.69. The smallest absolute Gasteiger partial charge is 0.493 e. The number of alkyl halides is 3. The average Bonchev–Trinajstić information content (AvgIpc) is 2.89. The van der Waals surface area contributed by atoms with Crippen LogP contribution in [0.25, 0.3) is 10.9 Å². The number of benzene rings is 2. The van der Waals surface area contributed by atoms with E-state index in [0.29, 0.717) is 6.07 Å². The Morgan fingerprint density at radius 2 is 1.89 bits per heavy atom. The maximum Gasteiger partial charge on any atom is 0.573 e. The molecular formula is C16H9F5N4O2S. The molecule has 3 N–H and O–H groups in total. The SMILES string of the molecule is Oc1[nH]c2ccc(OC(F)(F)F)cc2c1N=NC(=S)Nc1ccc(F)cc1F. The lowest BCUT2D eigenvalue weighted by atomic mass is 10.2. The number of aromatic nitrogens is 1. The van der Waals surface area contributed by atoms with Gasteiger partial charge in [0.15, 0.2) is 5.69 Å². The fourth-order valence-corrected chi connectivity index (χ4v) is 2.42. The molecule has 0 atom stereocenters. The van der Waals surface area contributed by atoms with Gasteiger partial charge in [0.05, 0.1) is 11.2 Å². The molecule has 0 radical (unpaired) electrons. The van der Waals surface area contributed by atoms with Gasteiger partial charge in [0.2, 0.25) is 11.0 Å². The minimum absolute atomic E-state index is 0.0822. The summed E-state index contributed by atoms with van der Waals surface area (Å²) in [6.45, 7) is 0. The first-order valence-corrected chi connectivity index (χ1v) is 7.81. The van der Waals surface area contributed by atoms with E-state index in [1.54, 1.807) is 0 Å². The van der Waals surface area contributed by atoms with Gasteiger partial charge in [0.1, 0.15) is 17.4 Å². The molecule has 0 amide bonds. The third-order valence-electron chi connectivity index (χ3n) is 3.37. The molecule has 3 aromatic rings. The number of thiocarbonyl (C=S) groups is 1. The van der Waals surface area contributed by atoms with Crippen LogP contribution in [0.4, 0.5) is 33.3 Å². The van der Waals surface area contributed by atoms with Gasteiger partial charge < -0.3 is 20.1 Å². The van der Waals surface area contributed by atoms with E-state index in [2.05, 4.69) is 25.3 Å². The van der Waals surface area contributed by atoms with E-state index in [9.17, 15) is 27.1 Å². The zero-order valence-corrected chi connectivity index (χ0v) is 14.3. The van der Waals surface area contributed by atoms with Crippen molar-refractivity contribution < 1.29 is 31.8 Å². The molecule has 0 fully saturated rings. The molecule has 0 aliphatic heterocycles. The molecule has 28 heavy (non-hydrogen) atoms. The van der Waals surface area contributed by atoms with Crippen molar-refractivity contribution in [1.82, 2.24) is 4.98 Å². The van der Waals surface area contributed by atoms with Crippen molar-refractivity contribution in [2.24, 2.45) is 10.2 Å². The standard InChI is InChI=1S/C16H9F5N4O2S/c17-7-1-3-12(10(18)5-7)23-15(28)25-24-13-9-6-8(27-16(19,20)21)2-4-11(9)22-14(13)26/h1-6,22,26H,(H,23,28). The third kappa shape index (κ3) is 4.52. The first kappa shape index (κ1) is 19.5. The highest BCUT2D eigenvalue weighted by molar-refractivity contribution is 7.80. The molecule has 6 nitrogen and oxygen atoms in total. The van der Waals surface area contributed by atoms with Crippen molar-refractivity contribution in [1.29, 1.82) is 0 Å². The predicted octanol–water partition coefficient (Wildman–Crippen LogP) is 5.53. The molecule has 0 saturated carbocycles. The number of anilines is 1. The first-order chi connectivity index (χ1) is 13.1. The van der Waals surface area contributed by atoms with Gasteiger partial charge in [-0.15, -0.1) is 23.4 Å². The Kier molecular flexibility index (Phi) is 5.14. The number of aromatic amines is 1. The molecule has 0 saturated heterocycles. The van der Waals surface area contributed by atoms with E-state index in [1.807, 2.05) is 0 Å². The second-order valence-corrected chi connectivity index (χ2v) is 5.72. The quantitative estimate of drug-likeness (QED) is 0.298. The largest absolute Gasteiger partial charge is 0.573 e. The highest BCUT2D eigenvalue weighted by Gasteiger charge is 2.31. The van der Waals surface area contributed by atoms with E-state index in [-0.39, 0.29) is 27.4 Å². The third-order valence-corrected chi connectivity index (χ3v) is 3.55. The highest BCUT2D eigenvalue weighted by Crippen LogP contribution is 2.38. The Bertz CT molecular complexity index is 1080. The number of H-pyrrole nitrogens is 1. The molecule has 0 aliphatic rings. The summed E-state index contributed by atoms with van der Waals surface area (Å²) in [5, 5.41) is 19.3. The van der Waals surface area contributed by atoms with Crippen LogP contribution in [0.15, 0.2) is 46.6 Å². The van der Waals surface area contributed by atoms with Crippen LogP contribution in [0.3, 0.4) is 0 Å². The minimum Gasteiger partial charge on any atom is -0.493 e. The van der Waals surface area contributed by atoms with Gasteiger partial charge in [-0.25, -0.2) is 8.78 Å². The van der Waals surface area contributed by atoms with E-state index in [0.717, 1.165) is 24.3 Å². The van der Waals surface area contributed by atoms with Gasteiger partial charge in [-0.3, -0.25) is 0 Å². The van der Waals surface area contributed by atoms with Gasteiger partial charge >= 0.3 is 6.36 Å². The molecule has 3 rings (SSSR count). The zero-order valence-electron chi connectivity index (χ0n) is 13.5. The molecule has 12 heteroatoms. The number of azo groups is 1. The van der Waals surface area contributed by atoms with Crippen LogP contribution in [-0.2, 0) is 0 Å². The van der Waals surface area contributed by atoms with Crippen LogP contribution >= 0.6 is 12.2 Å². The Morgan fingerprint density at radius 3 is 2.57 bits per heavy atom. The number of nitrogens with zero attached hydrogens (tertiary/aromatic N) is 2. The summed E-state index contributed by atoms with van der Waals surface area (Å²) in [7, 11) is 0. The first-order valence-electron chi connectivity index (χ1n) is 7.40. The molecule has 1 heterocycles. The monoisotopic (exact) mass is 416 g/mol. The van der Waals surface area contributed by atoms with Crippen molar-refractivity contribution in [3.8, 4) is 11.6 Å². The maximum absolute atomic E-state index is 13.6. The lowest BCUT2D eigenvalue weighted by Crippen LogP contribution is -2.16. The fourth-order valence-electron chi connectivity index (χ4n) is 2.27. The number of rotatable bonds is 3. The van der Waals surface area contributed by atoms with Crippen LogP contribution in [0.5, 0.6) is 11.6 Å². The molecule has 0 bridgehead atoms. The summed E-state index contributed by atoms with van der Waals surface area (Å²) in [6, 6.07) is 6.03. The van der Waals surface area contributed by atoms with Gasteiger partial charge in [-0.05, 0) is 42.5 Å². The molecule has 146 valence electrons. The minimum atomic E-state index is -4.89. The number of halogens is 5. The summed E-state index contributed by atoms with van der Waals surface area (Å²) in [4.78, 5) is 2.51. The average molecular weight is 416 g/mol. The lowest BCUT2D eigenvalue weighted by molar-refractivity contribution is -0.274. The predicted molar refractivity (Wildman–Crippen MR) is 93.7 cm³/mol. The van der Waals surface area contributed by atoms with Crippen molar-refractivity contribution >= 4 is 39.6 Å². The van der Waals surface area contributed by atoms with Gasteiger partial charge in [0.25, 0.3) is 0 Å². The number of nitrogens with one attached hydrogen (secondary N) is 2. The Balaban J connectivity index is 1.85. The van der Waals surface area contributed by atoms with Crippen LogP contribution in [0, 0.1) is 11.6 Å². The van der Waals surface area contributed by atoms with Gasteiger partial charge in [0, 0.05) is 11.5 Å². The second-order valence-electron chi connectivity index (χ2n) is 5.33. The van der Waals surface area contributed by atoms with Gasteiger partial charge in [-0.2, -0.15) is 0 Å². The number of hydrogen-bond acceptors (Lipinski definition) is 4. The number of ether oxygens (including phenoxy) is 1. The molecule has 2 aromatic carbocycles. The summed E-state index contributed by atoms with van der Waals surface area (Å²) in [5.41, 5.74) is -0.0925. The van der Waals surface area contributed by atoms with Crippen molar-refractivity contribution in [2.75, 3.05) is 5.32 Å². The summed E-state index contributed by atoms with van der Waals surface area (Å²) < 4.78 is 67.4. The van der Waals surface area contributed by atoms with Crippen LogP contribution in [-0.4, -0.2) is 21.6 Å². The molecule has 0 spiro atoms. The number of aromatic hydroxyl groups is 1. The van der Waals surface area contributed by atoms with E-state index < -0.39 is 29.6 Å². The van der Waals surface area contributed by atoms with Crippen molar-refractivity contribution in [2.45, 2.75) is 6.36 Å². The molecular weight excluding hydrogens is 407 g/mol. The van der Waals surface area contributed by atoms with E-state index in [1.165, 1.54) is 6.07 Å². The zero-order chi connectivity index (χ0) is 20.5. The van der Waals surface area contributed by atoms with Crippen molar-refractivity contribution in [3.63, 3.8) is 0 Å². The maximum atomic E-state index is 13.6. The highest BCUT2D eigenvalue weighted by atomic mass is 32.1. The van der Waals surface area contributed by atoms with Crippen LogP contribution in [0.2, 0.25) is 0 Å². The Hall–Kier alpha value is -3.28. The van der Waals surface area contributed by atoms with Gasteiger partial charge in [-0.1, -0.05) is 0 Å². The summed E-state index contributed by atoms with van der Waals surface area (Å²) >= 11 is 4.87. The number of hydrogen-bond donors (Lipinski definition) is 3. The normalized spacial score (nSPS) is 11.9. The molecule has 0 aliphatic carbocycles. The molecule has 1 aromatic heterocycles. The van der Waals surface area contributed by atoms with Crippen LogP contribution < -0.4 is 10.1 Å². The topological polar surface area (TPSA) is 82.0 Å². The molecule has 0 unspecified atom stereocenters.